The lowest BCUT2D eigenvalue weighted by Gasteiger charge is -2.23. The van der Waals surface area contributed by atoms with Gasteiger partial charge in [-0.1, -0.05) is 19.1 Å². The molecule has 0 amide bonds. The topological polar surface area (TPSA) is 27.3 Å². The Hall–Kier alpha value is -2.33. The fourth-order valence-corrected chi connectivity index (χ4v) is 3.72. The molecular formula is C19H17F6N3S. The van der Waals surface area contributed by atoms with Gasteiger partial charge in [0.25, 0.3) is 0 Å². The second-order valence-corrected chi connectivity index (χ2v) is 7.53. The number of hydrogen-bond acceptors (Lipinski definition) is 4. The summed E-state index contributed by atoms with van der Waals surface area (Å²) in [5.74, 6) is 0.574. The van der Waals surface area contributed by atoms with Crippen molar-refractivity contribution in [1.82, 2.24) is 11.0 Å². The van der Waals surface area contributed by atoms with E-state index in [1.165, 1.54) is 30.0 Å². The quantitative estimate of drug-likeness (QED) is 0.453. The first kappa shape index (κ1) is 21.4. The largest absolute Gasteiger partial charge is 0.416 e. The summed E-state index contributed by atoms with van der Waals surface area (Å²) in [6.07, 6.45) is -8.88. The van der Waals surface area contributed by atoms with Crippen LogP contribution in [0.3, 0.4) is 0 Å². The Labute approximate surface area is 167 Å². The van der Waals surface area contributed by atoms with Crippen molar-refractivity contribution in [2.75, 3.05) is 10.8 Å². The molecule has 0 fully saturated rings. The third-order valence-corrected chi connectivity index (χ3v) is 5.25. The smallest absolute Gasteiger partial charge is 0.301 e. The summed E-state index contributed by atoms with van der Waals surface area (Å²) in [6.45, 7) is 3.55. The minimum Gasteiger partial charge on any atom is -0.301 e. The van der Waals surface area contributed by atoms with Gasteiger partial charge in [-0.15, -0.1) is 17.3 Å². The number of allylic oxidation sites excluding steroid dienone is 1. The van der Waals surface area contributed by atoms with Crippen molar-refractivity contribution in [1.29, 1.82) is 0 Å². The van der Waals surface area contributed by atoms with Crippen LogP contribution in [0.5, 0.6) is 0 Å². The molecule has 2 N–H and O–H groups in total. The van der Waals surface area contributed by atoms with Gasteiger partial charge in [0.2, 0.25) is 0 Å². The monoisotopic (exact) mass is 433 g/mol. The molecule has 0 aliphatic carbocycles. The molecule has 2 aromatic rings. The predicted octanol–water partition coefficient (Wildman–Crippen LogP) is 6.05. The van der Waals surface area contributed by atoms with Crippen LogP contribution in [0, 0.1) is 0 Å². The summed E-state index contributed by atoms with van der Waals surface area (Å²) in [5, 5.41) is 1.57. The van der Waals surface area contributed by atoms with Crippen molar-refractivity contribution in [2.45, 2.75) is 31.1 Å². The van der Waals surface area contributed by atoms with Gasteiger partial charge < -0.3 is 5.43 Å². The first-order chi connectivity index (χ1) is 13.5. The fraction of sp³-hybridized carbons (Fsp3) is 0.263. The van der Waals surface area contributed by atoms with Gasteiger partial charge in [-0.2, -0.15) is 26.3 Å². The third-order valence-electron chi connectivity index (χ3n) is 4.32. The SMILES string of the molecule is CCSc1cc(C(F)(F)F)ccc1N1NNC(c2ccc(C(F)(F)F)cc2)=C1C. The van der Waals surface area contributed by atoms with Gasteiger partial charge in [-0.3, -0.25) is 5.01 Å². The summed E-state index contributed by atoms with van der Waals surface area (Å²) in [5.41, 5.74) is 6.43. The number of thioether (sulfide) groups is 1. The van der Waals surface area contributed by atoms with Crippen LogP contribution in [0.2, 0.25) is 0 Å². The van der Waals surface area contributed by atoms with Gasteiger partial charge >= 0.3 is 12.4 Å². The summed E-state index contributed by atoms with van der Waals surface area (Å²) in [7, 11) is 0. The average molecular weight is 433 g/mol. The van der Waals surface area contributed by atoms with Gasteiger partial charge in [0.1, 0.15) is 0 Å². The van der Waals surface area contributed by atoms with Gasteiger partial charge in [0.15, 0.2) is 0 Å². The van der Waals surface area contributed by atoms with E-state index in [9.17, 15) is 26.3 Å². The standard InChI is InChI=1S/C19H17F6N3S/c1-3-29-16-10-14(19(23,24)25)8-9-15(16)28-11(2)17(26-27-28)12-4-6-13(7-5-12)18(20,21)22/h4-10,26-27H,3H2,1-2H3. The Balaban J connectivity index is 1.96. The third kappa shape index (κ3) is 4.48. The molecule has 1 aliphatic rings. The molecule has 0 unspecified atom stereocenters. The minimum absolute atomic E-state index is 0.435. The number of alkyl halides is 6. The first-order valence-corrected chi connectivity index (χ1v) is 9.55. The molecule has 0 atom stereocenters. The molecular weight excluding hydrogens is 416 g/mol. The lowest BCUT2D eigenvalue weighted by atomic mass is 10.1. The minimum atomic E-state index is -4.45. The molecule has 29 heavy (non-hydrogen) atoms. The normalized spacial score (nSPS) is 15.1. The Morgan fingerprint density at radius 1 is 0.897 bits per heavy atom. The number of nitrogens with one attached hydrogen (secondary N) is 2. The maximum Gasteiger partial charge on any atom is 0.416 e. The van der Waals surface area contributed by atoms with Crippen molar-refractivity contribution >= 4 is 23.1 Å². The maximum atomic E-state index is 13.1. The van der Waals surface area contributed by atoms with Crippen LogP contribution in [-0.2, 0) is 12.4 Å². The molecule has 156 valence electrons. The molecule has 1 heterocycles. The first-order valence-electron chi connectivity index (χ1n) is 8.56. The van der Waals surface area contributed by atoms with Crippen molar-refractivity contribution < 1.29 is 26.3 Å². The molecule has 0 radical (unpaired) electrons. The Morgan fingerprint density at radius 3 is 2.03 bits per heavy atom. The molecule has 2 aromatic carbocycles. The van der Waals surface area contributed by atoms with Gasteiger partial charge in [0, 0.05) is 10.5 Å². The summed E-state index contributed by atoms with van der Waals surface area (Å²) in [4.78, 5) is 0.435. The van der Waals surface area contributed by atoms with Crippen molar-refractivity contribution in [3.63, 3.8) is 0 Å². The molecule has 3 rings (SSSR count). The number of halogens is 6. The fourth-order valence-electron chi connectivity index (χ4n) is 2.89. The van der Waals surface area contributed by atoms with E-state index in [4.69, 9.17) is 0 Å². The van der Waals surface area contributed by atoms with E-state index < -0.39 is 23.5 Å². The molecule has 0 aromatic heterocycles. The van der Waals surface area contributed by atoms with Crippen molar-refractivity contribution in [3.05, 3.63) is 64.9 Å². The van der Waals surface area contributed by atoms with Crippen LogP contribution < -0.4 is 16.0 Å². The summed E-state index contributed by atoms with van der Waals surface area (Å²) >= 11 is 1.27. The second-order valence-electron chi connectivity index (χ2n) is 6.22. The molecule has 0 bridgehead atoms. The van der Waals surface area contributed by atoms with E-state index in [1.54, 1.807) is 11.9 Å². The highest BCUT2D eigenvalue weighted by Gasteiger charge is 2.33. The van der Waals surface area contributed by atoms with Crippen LogP contribution in [-0.4, -0.2) is 5.75 Å². The second kappa shape index (κ2) is 7.83. The molecule has 1 aliphatic heterocycles. The number of hydrazine groups is 2. The zero-order valence-corrected chi connectivity index (χ0v) is 16.2. The Morgan fingerprint density at radius 2 is 1.48 bits per heavy atom. The highest BCUT2D eigenvalue weighted by atomic mass is 32.2. The molecule has 0 saturated heterocycles. The van der Waals surface area contributed by atoms with Gasteiger partial charge in [-0.25, -0.2) is 0 Å². The van der Waals surface area contributed by atoms with Crippen LogP contribution in [0.1, 0.15) is 30.5 Å². The van der Waals surface area contributed by atoms with Gasteiger partial charge in [-0.05, 0) is 43.0 Å². The predicted molar refractivity (Wildman–Crippen MR) is 101 cm³/mol. The lowest BCUT2D eigenvalue weighted by Crippen LogP contribution is -2.37. The average Bonchev–Trinajstić information content (AvgIpc) is 3.02. The van der Waals surface area contributed by atoms with Crippen LogP contribution >= 0.6 is 11.8 Å². The van der Waals surface area contributed by atoms with E-state index in [2.05, 4.69) is 11.0 Å². The van der Waals surface area contributed by atoms with Crippen LogP contribution in [0.25, 0.3) is 5.70 Å². The molecule has 0 spiro atoms. The highest BCUT2D eigenvalue weighted by molar-refractivity contribution is 7.99. The van der Waals surface area contributed by atoms with Gasteiger partial charge in [0.05, 0.1) is 28.2 Å². The van der Waals surface area contributed by atoms with E-state index in [0.717, 1.165) is 24.3 Å². The molecule has 0 saturated carbocycles. The maximum absolute atomic E-state index is 13.1. The molecule has 3 nitrogen and oxygen atoms in total. The Kier molecular flexibility index (Phi) is 5.77. The van der Waals surface area contributed by atoms with Crippen molar-refractivity contribution in [2.24, 2.45) is 0 Å². The number of anilines is 1. The van der Waals surface area contributed by atoms with Crippen molar-refractivity contribution in [3.8, 4) is 0 Å². The number of nitrogens with zero attached hydrogens (tertiary/aromatic N) is 1. The lowest BCUT2D eigenvalue weighted by molar-refractivity contribution is -0.138. The van der Waals surface area contributed by atoms with E-state index >= 15 is 0 Å². The van der Waals surface area contributed by atoms with E-state index in [0.29, 0.717) is 33.3 Å². The summed E-state index contributed by atoms with van der Waals surface area (Å²) < 4.78 is 77.4. The van der Waals surface area contributed by atoms with Crippen LogP contribution in [0.4, 0.5) is 32.0 Å². The summed E-state index contributed by atoms with van der Waals surface area (Å²) in [6, 6.07) is 8.11. The Bertz CT molecular complexity index is 919. The zero-order valence-electron chi connectivity index (χ0n) is 15.4. The number of rotatable bonds is 4. The van der Waals surface area contributed by atoms with E-state index in [1.807, 2.05) is 6.92 Å². The number of hydrogen-bond donors (Lipinski definition) is 2. The zero-order chi connectivity index (χ0) is 21.4. The highest BCUT2D eigenvalue weighted by Crippen LogP contribution is 2.39. The molecule has 10 heteroatoms. The van der Waals surface area contributed by atoms with Crippen LogP contribution in [0.15, 0.2) is 53.1 Å². The van der Waals surface area contributed by atoms with E-state index in [-0.39, 0.29) is 0 Å². The number of benzene rings is 2.